The van der Waals surface area contributed by atoms with Crippen molar-refractivity contribution in [1.29, 1.82) is 0 Å². The number of aliphatic hydroxyl groups is 18. The Morgan fingerprint density at radius 2 is 0.518 bits per heavy atom. The van der Waals surface area contributed by atoms with E-state index in [9.17, 15) is 97.0 Å². The molecule has 0 spiro atoms. The second-order valence-electron chi connectivity index (χ2n) is 20.1. The zero-order valence-electron chi connectivity index (χ0n) is 43.0. The van der Waals surface area contributed by atoms with Gasteiger partial charge in [0.15, 0.2) is 49.2 Å². The SMILES string of the molecule is OC[C@H]1O[C@@H]2O[C@H]3[C@H](O)[C@@H](O)[C@@H](O[C@H]4[C@H](O)[C@@H](O)[C@@H](O[C@H]5[C@H](O)[C@@H](O)[C@@H](O[C@H]6[C@H](O)[C@@H](O)[C@@H](O[C@H]7[C@H](O)[C@@H](O)[C@@H](O[C@H]1[C@H](O)[C@H]2O)O[C@@H]7CO)O[C@@H]6CO)O[C@@H]5CO)O[C@@H]4CO)O[C@@H]3CO.Oc1cc(Cl)ccc1Oc1ccc(Cl)cc1Cl. The number of aromatic hydroxyl groups is 1. The lowest BCUT2D eigenvalue weighted by molar-refractivity contribution is -0.404. The monoisotopic (exact) mass is 1260 g/mol. The lowest BCUT2D eigenvalue weighted by atomic mass is 9.94. The molecule has 12 bridgehead atoms. The molecule has 472 valence electrons. The average Bonchev–Trinajstić information content (AvgIpc) is 3.05. The summed E-state index contributed by atoms with van der Waals surface area (Å²) in [5.74, 6) is 0.635. The fraction of sp³-hybridized carbons (Fsp3) is 0.750. The molecule has 22 saturated heterocycles. The number of phenolic OH excluding ortho intramolecular Hbond substituents is 1. The number of phenols is 1. The molecule has 0 saturated carbocycles. The Kier molecular flexibility index (Phi) is 23.2. The van der Waals surface area contributed by atoms with Crippen molar-refractivity contribution >= 4 is 34.8 Å². The second kappa shape index (κ2) is 28.9. The molecule has 22 aliphatic rings. The summed E-state index contributed by atoms with van der Waals surface area (Å²) in [6.45, 7) is -5.99. The zero-order valence-corrected chi connectivity index (χ0v) is 45.2. The minimum absolute atomic E-state index is 0.0523. The highest BCUT2D eigenvalue weighted by Gasteiger charge is 2.58. The lowest BCUT2D eigenvalue weighted by Gasteiger charge is -2.50. The molecule has 19 N–H and O–H groups in total. The van der Waals surface area contributed by atoms with Crippen LogP contribution in [0.3, 0.4) is 0 Å². The number of rotatable bonds is 8. The van der Waals surface area contributed by atoms with Gasteiger partial charge in [0.05, 0.1) is 44.7 Å². The van der Waals surface area contributed by atoms with Gasteiger partial charge in [-0.2, -0.15) is 0 Å². The molecule has 22 heterocycles. The smallest absolute Gasteiger partial charge is 0.187 e. The van der Waals surface area contributed by atoms with E-state index in [1.807, 2.05) is 0 Å². The van der Waals surface area contributed by atoms with E-state index in [1.54, 1.807) is 30.3 Å². The fourth-order valence-corrected chi connectivity index (χ4v) is 10.8. The molecule has 22 aliphatic heterocycles. The highest BCUT2D eigenvalue weighted by molar-refractivity contribution is 6.35. The van der Waals surface area contributed by atoms with Crippen LogP contribution in [0.5, 0.6) is 17.2 Å². The highest BCUT2D eigenvalue weighted by Crippen LogP contribution is 2.40. The van der Waals surface area contributed by atoms with Crippen LogP contribution < -0.4 is 4.74 Å². The molecule has 22 fully saturated rings. The quantitative estimate of drug-likeness (QED) is 0.117. The Morgan fingerprint density at radius 1 is 0.301 bits per heavy atom. The van der Waals surface area contributed by atoms with Crippen LogP contribution >= 0.6 is 34.8 Å². The summed E-state index contributed by atoms with van der Waals surface area (Å²) in [7, 11) is 0. The maximum atomic E-state index is 11.2. The molecule has 2 aromatic carbocycles. The average molecular weight is 1260 g/mol. The Labute approximate surface area is 484 Å². The number of ether oxygens (including phenoxy) is 13. The zero-order chi connectivity index (χ0) is 60.5. The number of hydrogen-bond acceptors (Lipinski definition) is 32. The molecule has 0 radical (unpaired) electrons. The van der Waals surface area contributed by atoms with E-state index in [-0.39, 0.29) is 11.5 Å². The van der Waals surface area contributed by atoms with Crippen LogP contribution in [-0.2, 0) is 56.8 Å². The van der Waals surface area contributed by atoms with Gasteiger partial charge in [-0.05, 0) is 30.3 Å². The molecule has 32 nitrogen and oxygen atoms in total. The largest absolute Gasteiger partial charge is 0.504 e. The van der Waals surface area contributed by atoms with Gasteiger partial charge in [0, 0.05) is 16.1 Å². The topological polar surface area (TPSA) is 504 Å². The van der Waals surface area contributed by atoms with Crippen LogP contribution in [0, 0.1) is 0 Å². The van der Waals surface area contributed by atoms with Crippen LogP contribution in [0.1, 0.15) is 0 Å². The van der Waals surface area contributed by atoms with E-state index in [1.165, 1.54) is 6.07 Å². The third kappa shape index (κ3) is 14.3. The molecule has 30 atom stereocenters. The van der Waals surface area contributed by atoms with Crippen molar-refractivity contribution in [3.05, 3.63) is 51.5 Å². The van der Waals surface area contributed by atoms with E-state index in [0.717, 1.165) is 0 Å². The first kappa shape index (κ1) is 66.7. The molecule has 0 aromatic heterocycles. The summed E-state index contributed by atoms with van der Waals surface area (Å²) < 4.78 is 73.3. The van der Waals surface area contributed by atoms with Crippen LogP contribution in [-0.4, -0.2) is 321 Å². The van der Waals surface area contributed by atoms with Crippen molar-refractivity contribution in [2.75, 3.05) is 39.6 Å². The molecule has 0 aliphatic carbocycles. The molecular formula is C48H67Cl3O32. The van der Waals surface area contributed by atoms with Gasteiger partial charge in [0.2, 0.25) is 0 Å². The summed E-state index contributed by atoms with van der Waals surface area (Å²) in [6, 6.07) is 9.39. The van der Waals surface area contributed by atoms with Crippen molar-refractivity contribution in [3.63, 3.8) is 0 Å². The minimum atomic E-state index is -2.15. The van der Waals surface area contributed by atoms with Crippen LogP contribution in [0.4, 0.5) is 0 Å². The van der Waals surface area contributed by atoms with Crippen molar-refractivity contribution < 1.29 is 159 Å². The number of aliphatic hydroxyl groups excluding tert-OH is 18. The summed E-state index contributed by atoms with van der Waals surface area (Å²) in [4.78, 5) is 0. The predicted octanol–water partition coefficient (Wildman–Crippen LogP) is -7.91. The van der Waals surface area contributed by atoms with E-state index >= 15 is 0 Å². The molecule has 0 amide bonds. The van der Waals surface area contributed by atoms with Gasteiger partial charge in [-0.25, -0.2) is 0 Å². The van der Waals surface area contributed by atoms with Gasteiger partial charge in [0.1, 0.15) is 152 Å². The summed E-state index contributed by atoms with van der Waals surface area (Å²) in [5, 5.41) is 207. The maximum Gasteiger partial charge on any atom is 0.187 e. The Bertz CT molecular complexity index is 2040. The van der Waals surface area contributed by atoms with E-state index < -0.39 is 224 Å². The van der Waals surface area contributed by atoms with E-state index in [2.05, 4.69) is 0 Å². The first-order chi connectivity index (χ1) is 39.5. The maximum absolute atomic E-state index is 11.2. The third-order valence-electron chi connectivity index (χ3n) is 14.7. The van der Waals surface area contributed by atoms with Crippen molar-refractivity contribution in [2.45, 2.75) is 184 Å². The summed E-state index contributed by atoms with van der Waals surface area (Å²) in [5.41, 5.74) is 0. The number of benzene rings is 2. The predicted molar refractivity (Wildman–Crippen MR) is 265 cm³/mol. The van der Waals surface area contributed by atoms with Crippen LogP contribution in [0.25, 0.3) is 0 Å². The second-order valence-corrected chi connectivity index (χ2v) is 21.4. The summed E-state index contributed by atoms with van der Waals surface area (Å²) in [6.07, 6.45) is -58.5. The van der Waals surface area contributed by atoms with E-state index in [0.29, 0.717) is 20.8 Å². The molecular weight excluding hydrogens is 1190 g/mol. The Hall–Kier alpha value is -2.29. The van der Waals surface area contributed by atoms with Crippen molar-refractivity contribution in [2.24, 2.45) is 0 Å². The van der Waals surface area contributed by atoms with Gasteiger partial charge in [-0.3, -0.25) is 0 Å². The highest BCUT2D eigenvalue weighted by atomic mass is 35.5. The Morgan fingerprint density at radius 3 is 0.723 bits per heavy atom. The lowest BCUT2D eigenvalue weighted by Crippen LogP contribution is -2.69. The normalized spacial score (nSPS) is 46.1. The Balaban J connectivity index is 0.000000451. The molecule has 35 heteroatoms. The first-order valence-corrected chi connectivity index (χ1v) is 26.9. The van der Waals surface area contributed by atoms with Crippen LogP contribution in [0.2, 0.25) is 15.1 Å². The number of halogens is 3. The first-order valence-electron chi connectivity index (χ1n) is 25.8. The van der Waals surface area contributed by atoms with E-state index in [4.69, 9.17) is 96.4 Å². The van der Waals surface area contributed by atoms with Crippen molar-refractivity contribution in [3.8, 4) is 17.2 Å². The summed E-state index contributed by atoms with van der Waals surface area (Å²) >= 11 is 17.4. The van der Waals surface area contributed by atoms with Gasteiger partial charge in [0.25, 0.3) is 0 Å². The minimum Gasteiger partial charge on any atom is -0.504 e. The molecule has 2 aromatic rings. The van der Waals surface area contributed by atoms with Gasteiger partial charge in [-0.1, -0.05) is 34.8 Å². The van der Waals surface area contributed by atoms with Crippen LogP contribution in [0.15, 0.2) is 36.4 Å². The van der Waals surface area contributed by atoms with Gasteiger partial charge in [-0.15, -0.1) is 0 Å². The van der Waals surface area contributed by atoms with Gasteiger partial charge < -0.3 is 159 Å². The third-order valence-corrected chi connectivity index (χ3v) is 15.5. The number of hydrogen-bond donors (Lipinski definition) is 19. The van der Waals surface area contributed by atoms with Crippen molar-refractivity contribution in [1.82, 2.24) is 0 Å². The molecule has 83 heavy (non-hydrogen) atoms. The molecule has 24 rings (SSSR count). The fourth-order valence-electron chi connectivity index (χ4n) is 10.2. The van der Waals surface area contributed by atoms with Gasteiger partial charge >= 0.3 is 0 Å². The molecule has 0 unspecified atom stereocenters. The standard InChI is InChI=1S/C36H60O30.C12H7Cl3O2/c37-1-7-25-13(43)19(49)31(55-7)62-26-8(2-38)57-33(21(51)15(26)45)64-28-10(4-40)59-35(23(53)17(28)47)66-30-12(6-42)60-36(24(54)18(30)48)65-29-11(5-41)58-34(22(52)16(29)46)63-27-9(3-39)56-32(61-25)20(50)14(27)44;13-7-1-3-11(9(15)5-7)17-12-4-2-8(14)6-10(12)16/h7-54H,1-6H2;1-6,16H/t7-,8-,9-,10-,11-,12-,13-,14-,15-,16-,17-,18-,19-,20-,21-,22-,23-,24-,25-,26-,27-,28-,29-,30-,31-,32-,33-,34-,35-,36-;/m1./s1.